The monoisotopic (exact) mass is 236 g/mol. The van der Waals surface area contributed by atoms with Crippen molar-refractivity contribution < 1.29 is 4.92 Å². The molecule has 0 saturated carbocycles. The van der Waals surface area contributed by atoms with Gasteiger partial charge in [0.25, 0.3) is 0 Å². The second-order valence-electron chi connectivity index (χ2n) is 4.21. The van der Waals surface area contributed by atoms with Crippen molar-refractivity contribution in [1.29, 1.82) is 0 Å². The summed E-state index contributed by atoms with van der Waals surface area (Å²) in [5.74, 6) is 0.450. The summed E-state index contributed by atoms with van der Waals surface area (Å²) in [6.07, 6.45) is 3.72. The van der Waals surface area contributed by atoms with Crippen molar-refractivity contribution in [2.45, 2.75) is 18.9 Å². The van der Waals surface area contributed by atoms with Gasteiger partial charge in [-0.25, -0.2) is 4.98 Å². The summed E-state index contributed by atoms with van der Waals surface area (Å²) >= 11 is 0. The van der Waals surface area contributed by atoms with Crippen LogP contribution in [0.4, 0.5) is 11.5 Å². The topological polar surface area (TPSA) is 71.3 Å². The molecule has 92 valence electrons. The van der Waals surface area contributed by atoms with Crippen LogP contribution in [0.15, 0.2) is 18.3 Å². The molecule has 1 aliphatic heterocycles. The van der Waals surface area contributed by atoms with Crippen LogP contribution < -0.4 is 10.2 Å². The number of nitro groups is 1. The van der Waals surface area contributed by atoms with Crippen LogP contribution in [0.1, 0.15) is 12.8 Å². The minimum Gasteiger partial charge on any atom is -0.350 e. The molecule has 1 aromatic heterocycles. The van der Waals surface area contributed by atoms with Gasteiger partial charge in [0.1, 0.15) is 0 Å². The third-order valence-corrected chi connectivity index (χ3v) is 3.12. The van der Waals surface area contributed by atoms with Crippen LogP contribution in [0.5, 0.6) is 0 Å². The zero-order valence-corrected chi connectivity index (χ0v) is 9.80. The van der Waals surface area contributed by atoms with E-state index in [4.69, 9.17) is 0 Å². The largest absolute Gasteiger partial charge is 0.350 e. The van der Waals surface area contributed by atoms with Gasteiger partial charge >= 0.3 is 5.69 Å². The number of hydrogen-bond acceptors (Lipinski definition) is 5. The van der Waals surface area contributed by atoms with Crippen LogP contribution in [0.2, 0.25) is 0 Å². The highest BCUT2D eigenvalue weighted by Crippen LogP contribution is 2.26. The van der Waals surface area contributed by atoms with E-state index in [2.05, 4.69) is 10.3 Å². The fourth-order valence-electron chi connectivity index (χ4n) is 2.14. The molecule has 0 aliphatic carbocycles. The SMILES string of the molecule is CN(c1ncccc1[N+](=O)[O-])[C@@H]1CCCNC1. The van der Waals surface area contributed by atoms with E-state index in [1.54, 1.807) is 12.3 Å². The summed E-state index contributed by atoms with van der Waals surface area (Å²) in [5.41, 5.74) is 0.0700. The number of nitrogens with zero attached hydrogens (tertiary/aromatic N) is 3. The number of nitrogens with one attached hydrogen (secondary N) is 1. The first-order chi connectivity index (χ1) is 8.20. The first-order valence-corrected chi connectivity index (χ1v) is 5.73. The number of rotatable bonds is 3. The molecule has 2 rings (SSSR count). The molecule has 0 aromatic carbocycles. The highest BCUT2D eigenvalue weighted by atomic mass is 16.6. The molecule has 0 radical (unpaired) electrons. The van der Waals surface area contributed by atoms with Gasteiger partial charge in [-0.05, 0) is 25.5 Å². The second kappa shape index (κ2) is 5.09. The van der Waals surface area contributed by atoms with Gasteiger partial charge in [0.15, 0.2) is 0 Å². The maximum absolute atomic E-state index is 10.9. The van der Waals surface area contributed by atoms with Crippen molar-refractivity contribution in [2.24, 2.45) is 0 Å². The Hall–Kier alpha value is -1.69. The van der Waals surface area contributed by atoms with Crippen LogP contribution in [0, 0.1) is 10.1 Å². The highest BCUT2D eigenvalue weighted by molar-refractivity contribution is 5.57. The van der Waals surface area contributed by atoms with Crippen molar-refractivity contribution in [1.82, 2.24) is 10.3 Å². The predicted octanol–water partition coefficient (Wildman–Crippen LogP) is 1.18. The lowest BCUT2D eigenvalue weighted by molar-refractivity contribution is -0.384. The lowest BCUT2D eigenvalue weighted by atomic mass is 10.1. The smallest absolute Gasteiger partial charge is 0.311 e. The van der Waals surface area contributed by atoms with E-state index in [0.29, 0.717) is 5.82 Å². The minimum atomic E-state index is -0.380. The van der Waals surface area contributed by atoms with E-state index >= 15 is 0 Å². The molecule has 6 nitrogen and oxygen atoms in total. The molecule has 1 fully saturated rings. The molecular weight excluding hydrogens is 220 g/mol. The van der Waals surface area contributed by atoms with Crippen LogP contribution in [0.3, 0.4) is 0 Å². The van der Waals surface area contributed by atoms with E-state index in [0.717, 1.165) is 25.9 Å². The molecule has 1 saturated heterocycles. The number of aromatic nitrogens is 1. The van der Waals surface area contributed by atoms with Crippen molar-refractivity contribution in [2.75, 3.05) is 25.0 Å². The van der Waals surface area contributed by atoms with Crippen LogP contribution in [-0.4, -0.2) is 36.1 Å². The molecule has 0 spiro atoms. The normalized spacial score (nSPS) is 19.9. The number of pyridine rings is 1. The molecule has 2 heterocycles. The van der Waals surface area contributed by atoms with Gasteiger partial charge in [-0.15, -0.1) is 0 Å². The first-order valence-electron chi connectivity index (χ1n) is 5.73. The third-order valence-electron chi connectivity index (χ3n) is 3.12. The van der Waals surface area contributed by atoms with Gasteiger partial charge in [-0.3, -0.25) is 10.1 Å². The number of hydrogen-bond donors (Lipinski definition) is 1. The zero-order valence-electron chi connectivity index (χ0n) is 9.80. The molecule has 0 amide bonds. The molecule has 6 heteroatoms. The zero-order chi connectivity index (χ0) is 12.3. The Morgan fingerprint density at radius 1 is 1.65 bits per heavy atom. The molecule has 0 unspecified atom stereocenters. The first kappa shape index (κ1) is 11.8. The van der Waals surface area contributed by atoms with Gasteiger partial charge in [-0.1, -0.05) is 0 Å². The maximum Gasteiger partial charge on any atom is 0.311 e. The van der Waals surface area contributed by atoms with Crippen molar-refractivity contribution in [3.05, 3.63) is 28.4 Å². The Bertz CT molecular complexity index is 404. The molecule has 1 atom stereocenters. The third kappa shape index (κ3) is 2.52. The van der Waals surface area contributed by atoms with E-state index in [1.807, 2.05) is 11.9 Å². The van der Waals surface area contributed by atoms with Crippen molar-refractivity contribution >= 4 is 11.5 Å². The molecule has 17 heavy (non-hydrogen) atoms. The standard InChI is InChI=1S/C11H16N4O2/c1-14(9-4-2-6-12-8-9)11-10(15(16)17)5-3-7-13-11/h3,5,7,9,12H,2,4,6,8H2,1H3/t9-/m1/s1. The molecule has 1 N–H and O–H groups in total. The van der Waals surface area contributed by atoms with Crippen LogP contribution in [-0.2, 0) is 0 Å². The van der Waals surface area contributed by atoms with E-state index in [9.17, 15) is 10.1 Å². The average molecular weight is 236 g/mol. The van der Waals surface area contributed by atoms with Crippen LogP contribution in [0.25, 0.3) is 0 Å². The lowest BCUT2D eigenvalue weighted by Gasteiger charge is -2.32. The molecule has 0 bridgehead atoms. The Morgan fingerprint density at radius 2 is 2.47 bits per heavy atom. The van der Waals surface area contributed by atoms with E-state index in [-0.39, 0.29) is 16.7 Å². The van der Waals surface area contributed by atoms with Gasteiger partial charge in [0.05, 0.1) is 4.92 Å². The van der Waals surface area contributed by atoms with Crippen molar-refractivity contribution in [3.63, 3.8) is 0 Å². The average Bonchev–Trinajstić information content (AvgIpc) is 2.39. The van der Waals surface area contributed by atoms with Gasteiger partial charge < -0.3 is 10.2 Å². The second-order valence-corrected chi connectivity index (χ2v) is 4.21. The fraction of sp³-hybridized carbons (Fsp3) is 0.545. The summed E-state index contributed by atoms with van der Waals surface area (Å²) in [7, 11) is 1.87. The molecule has 1 aliphatic rings. The Kier molecular flexibility index (Phi) is 3.53. The number of likely N-dealkylation sites (N-methyl/N-ethyl adjacent to an activating group) is 1. The van der Waals surface area contributed by atoms with Crippen molar-refractivity contribution in [3.8, 4) is 0 Å². The number of piperidine rings is 1. The van der Waals surface area contributed by atoms with Gasteiger partial charge in [0.2, 0.25) is 5.82 Å². The molecule has 1 aromatic rings. The summed E-state index contributed by atoms with van der Waals surface area (Å²) in [6, 6.07) is 3.36. The Balaban J connectivity index is 2.23. The summed E-state index contributed by atoms with van der Waals surface area (Å²) in [5, 5.41) is 14.2. The van der Waals surface area contributed by atoms with E-state index in [1.165, 1.54) is 6.07 Å². The number of anilines is 1. The Labute approximate surface area is 99.8 Å². The quantitative estimate of drug-likeness (QED) is 0.630. The minimum absolute atomic E-state index is 0.0700. The summed E-state index contributed by atoms with van der Waals surface area (Å²) in [4.78, 5) is 16.6. The van der Waals surface area contributed by atoms with Gasteiger partial charge in [0, 0.05) is 31.9 Å². The highest BCUT2D eigenvalue weighted by Gasteiger charge is 2.24. The summed E-state index contributed by atoms with van der Waals surface area (Å²) in [6.45, 7) is 1.87. The Morgan fingerprint density at radius 3 is 3.12 bits per heavy atom. The molecular formula is C11H16N4O2. The summed E-state index contributed by atoms with van der Waals surface area (Å²) < 4.78 is 0. The lowest BCUT2D eigenvalue weighted by Crippen LogP contribution is -2.44. The van der Waals surface area contributed by atoms with E-state index < -0.39 is 0 Å². The fourth-order valence-corrected chi connectivity index (χ4v) is 2.14. The maximum atomic E-state index is 10.9. The van der Waals surface area contributed by atoms with Gasteiger partial charge in [-0.2, -0.15) is 0 Å². The predicted molar refractivity (Wildman–Crippen MR) is 65.2 cm³/mol. The van der Waals surface area contributed by atoms with Crippen LogP contribution >= 0.6 is 0 Å².